The second kappa shape index (κ2) is 57.3. The number of esters is 2. The maximum atomic E-state index is 12.9. The number of nitrogens with zero attached hydrogens (tertiary/aromatic N) is 1. The summed E-state index contributed by atoms with van der Waals surface area (Å²) in [5.41, 5.74) is 0. The van der Waals surface area contributed by atoms with Gasteiger partial charge in [0, 0.05) is 12.8 Å². The van der Waals surface area contributed by atoms with Crippen molar-refractivity contribution in [3.05, 3.63) is 146 Å². The highest BCUT2D eigenvalue weighted by atomic mass is 16.7. The minimum Gasteiger partial charge on any atom is -0.545 e. The predicted octanol–water partition coefficient (Wildman–Crippen LogP) is 16.7. The van der Waals surface area contributed by atoms with Gasteiger partial charge in [-0.15, -0.1) is 0 Å². The van der Waals surface area contributed by atoms with E-state index in [1.165, 1.54) is 25.7 Å². The summed E-state index contributed by atoms with van der Waals surface area (Å²) in [5, 5.41) is 11.8. The van der Waals surface area contributed by atoms with Crippen molar-refractivity contribution in [1.29, 1.82) is 0 Å². The Bertz CT molecular complexity index is 1770. The summed E-state index contributed by atoms with van der Waals surface area (Å²) in [6, 6.07) is 0. The molecule has 9 nitrogen and oxygen atoms in total. The van der Waals surface area contributed by atoms with Gasteiger partial charge in [-0.05, 0) is 116 Å². The van der Waals surface area contributed by atoms with Gasteiger partial charge in [-0.2, -0.15) is 0 Å². The van der Waals surface area contributed by atoms with Crippen molar-refractivity contribution in [3.8, 4) is 0 Å². The maximum Gasteiger partial charge on any atom is 0.306 e. The monoisotopic (exact) mass is 1070 g/mol. The molecule has 0 amide bonds. The smallest absolute Gasteiger partial charge is 0.306 e. The largest absolute Gasteiger partial charge is 0.545 e. The number of aliphatic carboxylic acids is 1. The summed E-state index contributed by atoms with van der Waals surface area (Å²) in [4.78, 5) is 37.4. The van der Waals surface area contributed by atoms with E-state index in [4.69, 9.17) is 18.9 Å². The molecule has 0 aliphatic rings. The lowest BCUT2D eigenvalue weighted by atomic mass is 10.1. The number of carboxylic acid groups (broad SMARTS) is 1. The Morgan fingerprint density at radius 2 is 0.701 bits per heavy atom. The predicted molar refractivity (Wildman–Crippen MR) is 324 cm³/mol. The van der Waals surface area contributed by atoms with E-state index in [1.807, 2.05) is 21.1 Å². The first-order valence-corrected chi connectivity index (χ1v) is 30.0. The Morgan fingerprint density at radius 3 is 1.04 bits per heavy atom. The van der Waals surface area contributed by atoms with Crippen LogP contribution in [0.5, 0.6) is 0 Å². The van der Waals surface area contributed by atoms with Crippen LogP contribution in [-0.2, 0) is 33.3 Å². The molecule has 2 atom stereocenters. The number of carboxylic acids is 1. The first-order valence-electron chi connectivity index (χ1n) is 30.0. The number of ether oxygens (including phenoxy) is 4. The average Bonchev–Trinajstić information content (AvgIpc) is 3.40. The van der Waals surface area contributed by atoms with E-state index in [0.29, 0.717) is 23.9 Å². The fourth-order valence-electron chi connectivity index (χ4n) is 7.54. The standard InChI is InChI=1S/C68H109NO8/c1-6-8-10-12-14-16-18-20-22-24-26-28-30-32-33-35-37-39-41-43-45-47-49-51-53-55-57-59-66(71)77-64(63-76-68(67(72)73)74-61-60-69(3,4)5)62-75-65(70)58-56-54-52-50-48-46-44-42-40-38-36-34-31-29-27-25-23-21-19-17-15-13-11-9-7-2/h8-11,14-17,20-23,26-29,32-34,36-37,39-40,42,64,68H,6-7,12-13,18-19,24-25,30-31,35,38,41,43-63H2,1-5H3/b10-8-,11-9-,16-14-,17-15-,22-20-,23-21-,28-26-,29-27-,33-32-,36-34-,39-37-,42-40-. The summed E-state index contributed by atoms with van der Waals surface area (Å²) in [6.45, 7) is 4.47. The van der Waals surface area contributed by atoms with Crippen LogP contribution in [0, 0.1) is 0 Å². The van der Waals surface area contributed by atoms with Crippen molar-refractivity contribution < 1.29 is 42.9 Å². The van der Waals surface area contributed by atoms with Gasteiger partial charge in [-0.25, -0.2) is 0 Å². The van der Waals surface area contributed by atoms with Crippen LogP contribution in [-0.4, -0.2) is 82.3 Å². The molecule has 0 spiro atoms. The number of allylic oxidation sites excluding steroid dienone is 24. The number of carbonyl (C=O) groups is 3. The summed E-state index contributed by atoms with van der Waals surface area (Å²) in [5.74, 6) is -2.33. The summed E-state index contributed by atoms with van der Waals surface area (Å²) >= 11 is 0. The molecule has 0 rings (SSSR count). The highest BCUT2D eigenvalue weighted by Crippen LogP contribution is 2.14. The Hall–Kier alpha value is -4.83. The fraction of sp³-hybridized carbons (Fsp3) is 0.603. The molecule has 0 aliphatic heterocycles. The molecule has 0 aromatic carbocycles. The Kier molecular flexibility index (Phi) is 53.8. The molecular formula is C68H109NO8. The third-order valence-corrected chi connectivity index (χ3v) is 12.1. The molecule has 0 saturated heterocycles. The lowest BCUT2D eigenvalue weighted by Crippen LogP contribution is -2.44. The molecule has 0 bridgehead atoms. The van der Waals surface area contributed by atoms with Crippen molar-refractivity contribution in [2.75, 3.05) is 47.5 Å². The molecule has 2 unspecified atom stereocenters. The first kappa shape index (κ1) is 72.2. The molecule has 0 aromatic rings. The lowest BCUT2D eigenvalue weighted by Gasteiger charge is -2.26. The van der Waals surface area contributed by atoms with E-state index in [9.17, 15) is 19.5 Å². The fourth-order valence-corrected chi connectivity index (χ4v) is 7.54. The van der Waals surface area contributed by atoms with E-state index >= 15 is 0 Å². The van der Waals surface area contributed by atoms with E-state index in [-0.39, 0.29) is 38.6 Å². The van der Waals surface area contributed by atoms with Gasteiger partial charge in [0.05, 0.1) is 40.3 Å². The zero-order chi connectivity index (χ0) is 56.2. The van der Waals surface area contributed by atoms with Gasteiger partial charge < -0.3 is 33.3 Å². The van der Waals surface area contributed by atoms with Crippen molar-refractivity contribution in [1.82, 2.24) is 0 Å². The molecule has 0 aromatic heterocycles. The molecule has 0 aliphatic carbocycles. The van der Waals surface area contributed by atoms with Gasteiger partial charge in [-0.1, -0.05) is 224 Å². The van der Waals surface area contributed by atoms with Crippen LogP contribution < -0.4 is 5.11 Å². The minimum atomic E-state index is -1.64. The van der Waals surface area contributed by atoms with E-state index < -0.39 is 24.3 Å². The van der Waals surface area contributed by atoms with Gasteiger partial charge >= 0.3 is 11.9 Å². The second-order valence-corrected chi connectivity index (χ2v) is 20.5. The summed E-state index contributed by atoms with van der Waals surface area (Å²) < 4.78 is 22.7. The molecule has 0 heterocycles. The van der Waals surface area contributed by atoms with Crippen LogP contribution in [0.1, 0.15) is 206 Å². The number of hydrogen-bond donors (Lipinski definition) is 0. The van der Waals surface area contributed by atoms with Gasteiger partial charge in [0.15, 0.2) is 12.4 Å². The number of hydrogen-bond acceptors (Lipinski definition) is 8. The topological polar surface area (TPSA) is 111 Å². The van der Waals surface area contributed by atoms with Gasteiger partial charge in [0.1, 0.15) is 13.2 Å². The zero-order valence-electron chi connectivity index (χ0n) is 49.3. The van der Waals surface area contributed by atoms with Crippen LogP contribution in [0.4, 0.5) is 0 Å². The average molecular weight is 1070 g/mol. The van der Waals surface area contributed by atoms with Crippen LogP contribution in [0.3, 0.4) is 0 Å². The van der Waals surface area contributed by atoms with Gasteiger partial charge in [0.2, 0.25) is 0 Å². The highest BCUT2D eigenvalue weighted by molar-refractivity contribution is 5.70. The van der Waals surface area contributed by atoms with Crippen LogP contribution in [0.15, 0.2) is 146 Å². The van der Waals surface area contributed by atoms with Crippen molar-refractivity contribution >= 4 is 17.9 Å². The Balaban J connectivity index is 4.33. The quantitative estimate of drug-likeness (QED) is 0.0195. The van der Waals surface area contributed by atoms with Crippen molar-refractivity contribution in [3.63, 3.8) is 0 Å². The molecule has 434 valence electrons. The van der Waals surface area contributed by atoms with E-state index in [0.717, 1.165) is 141 Å². The zero-order valence-corrected chi connectivity index (χ0v) is 49.3. The molecule has 0 N–H and O–H groups in total. The van der Waals surface area contributed by atoms with Crippen LogP contribution in [0.25, 0.3) is 0 Å². The number of unbranched alkanes of at least 4 members (excludes halogenated alkanes) is 14. The van der Waals surface area contributed by atoms with Crippen molar-refractivity contribution in [2.24, 2.45) is 0 Å². The lowest BCUT2D eigenvalue weighted by molar-refractivity contribution is -0.870. The molecular weight excluding hydrogens is 959 g/mol. The maximum absolute atomic E-state index is 12.9. The number of rotatable bonds is 53. The second-order valence-electron chi connectivity index (χ2n) is 20.5. The Labute approximate surface area is 471 Å². The summed E-state index contributed by atoms with van der Waals surface area (Å²) in [6.07, 6.45) is 80.3. The molecule has 0 radical (unpaired) electrons. The van der Waals surface area contributed by atoms with Gasteiger partial charge in [0.25, 0.3) is 0 Å². The van der Waals surface area contributed by atoms with Crippen LogP contribution in [0.2, 0.25) is 0 Å². The summed E-state index contributed by atoms with van der Waals surface area (Å²) in [7, 11) is 5.90. The van der Waals surface area contributed by atoms with Crippen LogP contribution >= 0.6 is 0 Å². The highest BCUT2D eigenvalue weighted by Gasteiger charge is 2.22. The van der Waals surface area contributed by atoms with E-state index in [1.54, 1.807) is 0 Å². The van der Waals surface area contributed by atoms with Gasteiger partial charge in [-0.3, -0.25) is 9.59 Å². The Morgan fingerprint density at radius 1 is 0.390 bits per heavy atom. The SMILES string of the molecule is CC/C=C\C/C=C\C/C=C\C/C=C\C/C=C\C/C=C\CCCCCCCCCCC(=O)OC(COC(=O)CCCCCCCC/C=C\C/C=C\C/C=C\C/C=C\C/C=C\C/C=C\CC)COC(OCC[N+](C)(C)C)C(=O)[O-]. The van der Waals surface area contributed by atoms with E-state index in [2.05, 4.69) is 160 Å². The molecule has 77 heavy (non-hydrogen) atoms. The first-order chi connectivity index (χ1) is 37.6. The molecule has 0 fully saturated rings. The number of likely N-dealkylation sites (N-methyl/N-ethyl adjacent to an activating group) is 1. The third-order valence-electron chi connectivity index (χ3n) is 12.1. The normalized spacial score (nSPS) is 13.8. The van der Waals surface area contributed by atoms with Crippen molar-refractivity contribution in [2.45, 2.75) is 219 Å². The molecule has 9 heteroatoms. The third kappa shape index (κ3) is 58.7. The molecule has 0 saturated carbocycles. The number of carbonyl (C=O) groups excluding carboxylic acids is 3. The minimum absolute atomic E-state index is 0.134. The number of quaternary nitrogens is 1.